The van der Waals surface area contributed by atoms with Crippen molar-refractivity contribution in [3.05, 3.63) is 23.8 Å². The van der Waals surface area contributed by atoms with Crippen molar-refractivity contribution in [2.24, 2.45) is 5.92 Å². The smallest absolute Gasteiger partial charge is 0.165 e. The van der Waals surface area contributed by atoms with Crippen molar-refractivity contribution in [2.75, 3.05) is 40.5 Å². The zero-order valence-corrected chi connectivity index (χ0v) is 19.5. The third-order valence-corrected chi connectivity index (χ3v) is 8.36. The average molecular weight is 429 g/mol. The highest BCUT2D eigenvalue weighted by atomic mass is 16.5. The molecule has 0 radical (unpaired) electrons. The van der Waals surface area contributed by atoms with Crippen molar-refractivity contribution in [1.82, 2.24) is 9.80 Å². The van der Waals surface area contributed by atoms with Crippen molar-refractivity contribution < 1.29 is 14.2 Å². The first-order valence-corrected chi connectivity index (χ1v) is 12.5. The van der Waals surface area contributed by atoms with E-state index in [0.717, 1.165) is 49.7 Å². The van der Waals surface area contributed by atoms with Gasteiger partial charge in [0.2, 0.25) is 0 Å². The van der Waals surface area contributed by atoms with Crippen molar-refractivity contribution in [2.45, 2.75) is 82.0 Å². The highest BCUT2D eigenvalue weighted by Crippen LogP contribution is 2.48. The van der Waals surface area contributed by atoms with Gasteiger partial charge in [0.1, 0.15) is 0 Å². The molecular formula is C26H40N2O3. The van der Waals surface area contributed by atoms with E-state index in [1.54, 1.807) is 14.2 Å². The maximum Gasteiger partial charge on any atom is 0.165 e. The van der Waals surface area contributed by atoms with Crippen LogP contribution in [0.1, 0.15) is 63.4 Å². The molecule has 5 nitrogen and oxygen atoms in total. The quantitative estimate of drug-likeness (QED) is 0.610. The maximum atomic E-state index is 6.49. The van der Waals surface area contributed by atoms with Gasteiger partial charge in [-0.1, -0.05) is 31.4 Å². The van der Waals surface area contributed by atoms with E-state index in [9.17, 15) is 0 Å². The molecule has 0 aromatic heterocycles. The number of nitrogens with zero attached hydrogens (tertiary/aromatic N) is 2. The monoisotopic (exact) mass is 428 g/mol. The second kappa shape index (κ2) is 9.29. The topological polar surface area (TPSA) is 34.2 Å². The minimum atomic E-state index is 0.357. The van der Waals surface area contributed by atoms with E-state index < -0.39 is 0 Å². The van der Waals surface area contributed by atoms with Crippen LogP contribution in [0.5, 0.6) is 11.5 Å². The molecule has 2 saturated heterocycles. The van der Waals surface area contributed by atoms with Gasteiger partial charge in [-0.25, -0.2) is 0 Å². The molecule has 0 amide bonds. The summed E-state index contributed by atoms with van der Waals surface area (Å²) in [7, 11) is 3.45. The molecule has 2 saturated carbocycles. The molecule has 1 atom stereocenters. The molecule has 5 heteroatoms. The van der Waals surface area contributed by atoms with Crippen LogP contribution in [0, 0.1) is 5.92 Å². The molecule has 31 heavy (non-hydrogen) atoms. The third kappa shape index (κ3) is 4.34. The summed E-state index contributed by atoms with van der Waals surface area (Å²) in [5, 5.41) is 0. The van der Waals surface area contributed by atoms with E-state index in [-0.39, 0.29) is 0 Å². The number of hydrogen-bond acceptors (Lipinski definition) is 5. The first-order valence-electron chi connectivity index (χ1n) is 12.5. The van der Waals surface area contributed by atoms with Crippen LogP contribution < -0.4 is 9.47 Å². The van der Waals surface area contributed by atoms with Gasteiger partial charge in [-0.2, -0.15) is 0 Å². The number of benzene rings is 1. The molecule has 5 rings (SSSR count). The number of hydrogen-bond donors (Lipinski definition) is 0. The second-order valence-electron chi connectivity index (χ2n) is 10.2. The molecule has 0 N–H and O–H groups in total. The van der Waals surface area contributed by atoms with Crippen LogP contribution in [0.4, 0.5) is 0 Å². The van der Waals surface area contributed by atoms with Crippen LogP contribution in [-0.4, -0.2) is 67.9 Å². The first-order chi connectivity index (χ1) is 15.2. The number of rotatable bonds is 8. The molecule has 4 fully saturated rings. The van der Waals surface area contributed by atoms with Gasteiger partial charge >= 0.3 is 0 Å². The van der Waals surface area contributed by atoms with Gasteiger partial charge < -0.3 is 14.2 Å². The lowest BCUT2D eigenvalue weighted by molar-refractivity contribution is -0.203. The zero-order chi connectivity index (χ0) is 21.3. The summed E-state index contributed by atoms with van der Waals surface area (Å²) in [6.07, 6.45) is 12.7. The summed E-state index contributed by atoms with van der Waals surface area (Å²) in [6.45, 7) is 5.43. The van der Waals surface area contributed by atoms with Gasteiger partial charge in [0.25, 0.3) is 0 Å². The largest absolute Gasteiger partial charge is 0.493 e. The molecule has 1 aromatic carbocycles. The second-order valence-corrected chi connectivity index (χ2v) is 10.2. The van der Waals surface area contributed by atoms with Crippen molar-refractivity contribution in [3.8, 4) is 11.5 Å². The Labute approximate surface area is 188 Å². The lowest BCUT2D eigenvalue weighted by Crippen LogP contribution is -2.75. The van der Waals surface area contributed by atoms with Crippen molar-refractivity contribution in [3.63, 3.8) is 0 Å². The Hall–Kier alpha value is -1.30. The Morgan fingerprint density at radius 1 is 0.968 bits per heavy atom. The number of piperidine rings is 1. The van der Waals surface area contributed by atoms with Gasteiger partial charge in [0.05, 0.1) is 20.3 Å². The highest BCUT2D eigenvalue weighted by molar-refractivity contribution is 5.46. The van der Waals surface area contributed by atoms with Gasteiger partial charge in [-0.05, 0) is 63.6 Å². The Morgan fingerprint density at radius 2 is 1.74 bits per heavy atom. The Kier molecular flexibility index (Phi) is 6.45. The van der Waals surface area contributed by atoms with Crippen molar-refractivity contribution >= 4 is 0 Å². The number of para-hydroxylation sites is 1. The Morgan fingerprint density at radius 3 is 2.42 bits per heavy atom. The lowest BCUT2D eigenvalue weighted by atomic mass is 9.69. The predicted octanol–water partition coefficient (Wildman–Crippen LogP) is 4.48. The molecule has 4 aliphatic rings. The molecule has 1 unspecified atom stereocenters. The third-order valence-electron chi connectivity index (χ3n) is 8.36. The van der Waals surface area contributed by atoms with Crippen LogP contribution in [0.15, 0.2) is 18.2 Å². The highest BCUT2D eigenvalue weighted by Gasteiger charge is 2.56. The van der Waals surface area contributed by atoms with Crippen LogP contribution in [0.2, 0.25) is 0 Å². The minimum absolute atomic E-state index is 0.357. The summed E-state index contributed by atoms with van der Waals surface area (Å²) in [4.78, 5) is 5.47. The van der Waals surface area contributed by atoms with Gasteiger partial charge in [-0.3, -0.25) is 9.80 Å². The zero-order valence-electron chi connectivity index (χ0n) is 19.5. The Balaban J connectivity index is 1.18. The van der Waals surface area contributed by atoms with Crippen LogP contribution in [0.25, 0.3) is 0 Å². The van der Waals surface area contributed by atoms with Crippen LogP contribution >= 0.6 is 0 Å². The van der Waals surface area contributed by atoms with E-state index in [1.165, 1.54) is 69.9 Å². The SMILES string of the molecule is COc1cccc(CN2CCC(N3CC(OCC4CC4)C34CCCCC4)CC2)c1OC. The van der Waals surface area contributed by atoms with Gasteiger partial charge in [0.15, 0.2) is 11.5 Å². The summed E-state index contributed by atoms with van der Waals surface area (Å²) in [5.41, 5.74) is 1.58. The van der Waals surface area contributed by atoms with E-state index >= 15 is 0 Å². The van der Waals surface area contributed by atoms with Crippen molar-refractivity contribution in [1.29, 1.82) is 0 Å². The fourth-order valence-corrected chi connectivity index (χ4v) is 6.34. The standard InChI is InChI=1S/C26H40N2O3/c1-29-23-8-6-7-21(25(23)30-2)17-27-15-11-22(12-16-27)28-18-24(31-19-20-9-10-20)26(28)13-4-3-5-14-26/h6-8,20,22,24H,3-5,9-19H2,1-2H3. The molecule has 2 aliphatic heterocycles. The number of ether oxygens (including phenoxy) is 3. The summed E-state index contributed by atoms with van der Waals surface area (Å²) >= 11 is 0. The van der Waals surface area contributed by atoms with E-state index in [2.05, 4.69) is 21.9 Å². The molecule has 172 valence electrons. The molecule has 0 bridgehead atoms. The fourth-order valence-electron chi connectivity index (χ4n) is 6.34. The molecule has 1 aromatic rings. The summed E-state index contributed by atoms with van der Waals surface area (Å²) in [6, 6.07) is 6.94. The normalized spacial score (nSPS) is 27.2. The number of likely N-dealkylation sites (tertiary alicyclic amines) is 2. The van der Waals surface area contributed by atoms with E-state index in [0.29, 0.717) is 11.6 Å². The number of methoxy groups -OCH3 is 2. The minimum Gasteiger partial charge on any atom is -0.493 e. The Bertz CT molecular complexity index is 736. The molecule has 2 aliphatic carbocycles. The van der Waals surface area contributed by atoms with Gasteiger partial charge in [-0.15, -0.1) is 0 Å². The fraction of sp³-hybridized carbons (Fsp3) is 0.769. The first kappa shape index (κ1) is 21.5. The van der Waals surface area contributed by atoms with Crippen LogP contribution in [0.3, 0.4) is 0 Å². The molecule has 2 heterocycles. The summed E-state index contributed by atoms with van der Waals surface area (Å²) < 4.78 is 17.6. The summed E-state index contributed by atoms with van der Waals surface area (Å²) in [5.74, 6) is 2.57. The molecule has 1 spiro atoms. The predicted molar refractivity (Wildman–Crippen MR) is 123 cm³/mol. The van der Waals surface area contributed by atoms with Crippen LogP contribution in [-0.2, 0) is 11.3 Å². The average Bonchev–Trinajstić information content (AvgIpc) is 3.64. The van der Waals surface area contributed by atoms with Gasteiger partial charge in [0, 0.05) is 36.8 Å². The van der Waals surface area contributed by atoms with E-state index in [4.69, 9.17) is 14.2 Å². The maximum absolute atomic E-state index is 6.49. The molecular weight excluding hydrogens is 388 g/mol. The lowest BCUT2D eigenvalue weighted by Gasteiger charge is -2.63. The van der Waals surface area contributed by atoms with E-state index in [1.807, 2.05) is 6.07 Å².